The van der Waals surface area contributed by atoms with Gasteiger partial charge in [-0.2, -0.15) is 0 Å². The van der Waals surface area contributed by atoms with Gasteiger partial charge >= 0.3 is 0 Å². The van der Waals surface area contributed by atoms with Gasteiger partial charge in [-0.1, -0.05) is 20.3 Å². The molecule has 0 fully saturated rings. The van der Waals surface area contributed by atoms with Crippen molar-refractivity contribution in [2.75, 3.05) is 0 Å². The zero-order chi connectivity index (χ0) is 11.4. The first-order chi connectivity index (χ1) is 7.04. The molecular weight excluding hydrogens is 192 g/mol. The van der Waals surface area contributed by atoms with E-state index in [1.54, 1.807) is 0 Å². The van der Waals surface area contributed by atoms with Crippen LogP contribution < -0.4 is 0 Å². The monoisotopic (exact) mass is 210 g/mol. The molecule has 0 amide bonds. The van der Waals surface area contributed by atoms with Gasteiger partial charge in [0.1, 0.15) is 11.5 Å². The van der Waals surface area contributed by atoms with E-state index in [0.717, 1.165) is 6.42 Å². The third-order valence-electron chi connectivity index (χ3n) is 2.69. The average molecular weight is 210 g/mol. The largest absolute Gasteiger partial charge is 0.508 e. The molecule has 84 valence electrons. The van der Waals surface area contributed by atoms with Crippen LogP contribution >= 0.6 is 0 Å². The minimum atomic E-state index is -0.716. The second-order valence-corrected chi connectivity index (χ2v) is 4.01. The number of aliphatic hydroxyl groups excluding tert-OH is 1. The van der Waals surface area contributed by atoms with Crippen LogP contribution in [0.2, 0.25) is 0 Å². The van der Waals surface area contributed by atoms with Gasteiger partial charge in [0.15, 0.2) is 0 Å². The summed E-state index contributed by atoms with van der Waals surface area (Å²) < 4.78 is 0. The number of hydrogen-bond donors (Lipinski definition) is 3. The van der Waals surface area contributed by atoms with E-state index in [1.165, 1.54) is 18.2 Å². The molecule has 0 aliphatic carbocycles. The first-order valence-electron chi connectivity index (χ1n) is 5.24. The van der Waals surface area contributed by atoms with Crippen molar-refractivity contribution in [3.05, 3.63) is 23.8 Å². The lowest BCUT2D eigenvalue weighted by Crippen LogP contribution is -2.03. The van der Waals surface area contributed by atoms with Crippen molar-refractivity contribution in [2.45, 2.75) is 32.8 Å². The van der Waals surface area contributed by atoms with Crippen LogP contribution in [0.15, 0.2) is 18.2 Å². The summed E-state index contributed by atoms with van der Waals surface area (Å²) in [6, 6.07) is 4.20. The summed E-state index contributed by atoms with van der Waals surface area (Å²) in [5.41, 5.74) is 0.398. The predicted molar refractivity (Wildman–Crippen MR) is 58.8 cm³/mol. The van der Waals surface area contributed by atoms with Gasteiger partial charge in [0.25, 0.3) is 0 Å². The molecule has 1 aromatic carbocycles. The molecule has 0 heterocycles. The van der Waals surface area contributed by atoms with Crippen molar-refractivity contribution >= 4 is 0 Å². The molecule has 3 heteroatoms. The molecule has 0 aliphatic heterocycles. The SMILES string of the molecule is CCC(C)CC(O)c1cc(O)ccc1O. The van der Waals surface area contributed by atoms with Crippen LogP contribution in [-0.2, 0) is 0 Å². The van der Waals surface area contributed by atoms with Gasteiger partial charge in [-0.05, 0) is 30.5 Å². The van der Waals surface area contributed by atoms with Gasteiger partial charge in [0.2, 0.25) is 0 Å². The molecule has 0 aliphatic rings. The fraction of sp³-hybridized carbons (Fsp3) is 0.500. The van der Waals surface area contributed by atoms with Gasteiger partial charge in [-0.3, -0.25) is 0 Å². The Balaban J connectivity index is 2.80. The van der Waals surface area contributed by atoms with E-state index in [4.69, 9.17) is 0 Å². The Morgan fingerprint density at radius 3 is 2.53 bits per heavy atom. The highest BCUT2D eigenvalue weighted by Gasteiger charge is 2.15. The zero-order valence-electron chi connectivity index (χ0n) is 9.14. The van der Waals surface area contributed by atoms with Crippen LogP contribution in [-0.4, -0.2) is 15.3 Å². The van der Waals surface area contributed by atoms with E-state index < -0.39 is 6.10 Å². The maximum Gasteiger partial charge on any atom is 0.121 e. The Hall–Kier alpha value is -1.22. The molecule has 1 aromatic rings. The van der Waals surface area contributed by atoms with Crippen molar-refractivity contribution in [3.8, 4) is 11.5 Å². The van der Waals surface area contributed by atoms with Crippen LogP contribution in [0.4, 0.5) is 0 Å². The molecule has 15 heavy (non-hydrogen) atoms. The number of aliphatic hydroxyl groups is 1. The summed E-state index contributed by atoms with van der Waals surface area (Å²) in [4.78, 5) is 0. The molecule has 0 saturated carbocycles. The van der Waals surface area contributed by atoms with Crippen LogP contribution in [0.25, 0.3) is 0 Å². The van der Waals surface area contributed by atoms with E-state index in [2.05, 4.69) is 6.92 Å². The van der Waals surface area contributed by atoms with E-state index in [9.17, 15) is 15.3 Å². The standard InChI is InChI=1S/C12H18O3/c1-3-8(2)6-12(15)10-7-9(13)4-5-11(10)14/h4-5,7-8,12-15H,3,6H2,1-2H3. The van der Waals surface area contributed by atoms with Crippen LogP contribution in [0.5, 0.6) is 11.5 Å². The molecule has 2 unspecified atom stereocenters. The highest BCUT2D eigenvalue weighted by Crippen LogP contribution is 2.31. The lowest BCUT2D eigenvalue weighted by Gasteiger charge is -2.16. The maximum absolute atomic E-state index is 9.86. The minimum Gasteiger partial charge on any atom is -0.508 e. The number of phenolic OH excluding ortho intramolecular Hbond substituents is 2. The van der Waals surface area contributed by atoms with Crippen LogP contribution in [0, 0.1) is 5.92 Å². The number of aromatic hydroxyl groups is 2. The predicted octanol–water partition coefficient (Wildman–Crippen LogP) is 2.57. The number of hydrogen-bond acceptors (Lipinski definition) is 3. The highest BCUT2D eigenvalue weighted by molar-refractivity contribution is 5.39. The number of rotatable bonds is 4. The molecule has 0 spiro atoms. The van der Waals surface area contributed by atoms with Crippen molar-refractivity contribution in [2.24, 2.45) is 5.92 Å². The van der Waals surface area contributed by atoms with Crippen LogP contribution in [0.1, 0.15) is 38.4 Å². The zero-order valence-corrected chi connectivity index (χ0v) is 9.14. The summed E-state index contributed by atoms with van der Waals surface area (Å²) in [5, 5.41) is 28.6. The lowest BCUT2D eigenvalue weighted by molar-refractivity contribution is 0.143. The normalized spacial score (nSPS) is 14.9. The fourth-order valence-corrected chi connectivity index (χ4v) is 1.48. The molecule has 1 rings (SSSR count). The average Bonchev–Trinajstić information content (AvgIpc) is 2.21. The van der Waals surface area contributed by atoms with E-state index in [-0.39, 0.29) is 11.5 Å². The summed E-state index contributed by atoms with van der Waals surface area (Å²) in [5.74, 6) is 0.483. The van der Waals surface area contributed by atoms with E-state index >= 15 is 0 Å². The molecule has 3 nitrogen and oxygen atoms in total. The topological polar surface area (TPSA) is 60.7 Å². The molecule has 2 atom stereocenters. The van der Waals surface area contributed by atoms with Gasteiger partial charge in [-0.25, -0.2) is 0 Å². The van der Waals surface area contributed by atoms with Gasteiger partial charge < -0.3 is 15.3 Å². The van der Waals surface area contributed by atoms with E-state index in [1.807, 2.05) is 6.92 Å². The molecule has 0 saturated heterocycles. The van der Waals surface area contributed by atoms with Gasteiger partial charge in [0, 0.05) is 5.56 Å². The molecule has 0 aromatic heterocycles. The van der Waals surface area contributed by atoms with Crippen molar-refractivity contribution in [1.29, 1.82) is 0 Å². The van der Waals surface area contributed by atoms with Gasteiger partial charge in [-0.15, -0.1) is 0 Å². The fourth-order valence-electron chi connectivity index (χ4n) is 1.48. The first kappa shape index (κ1) is 11.9. The quantitative estimate of drug-likeness (QED) is 0.669. The number of phenols is 2. The summed E-state index contributed by atoms with van der Waals surface area (Å²) in [7, 11) is 0. The Morgan fingerprint density at radius 2 is 1.93 bits per heavy atom. The smallest absolute Gasteiger partial charge is 0.121 e. The Morgan fingerprint density at radius 1 is 1.27 bits per heavy atom. The Kier molecular flexibility index (Phi) is 3.97. The third kappa shape index (κ3) is 3.13. The summed E-state index contributed by atoms with van der Waals surface area (Å²) in [6.07, 6.45) is 0.858. The summed E-state index contributed by atoms with van der Waals surface area (Å²) in [6.45, 7) is 4.10. The Labute approximate surface area is 90.0 Å². The third-order valence-corrected chi connectivity index (χ3v) is 2.69. The van der Waals surface area contributed by atoms with Crippen molar-refractivity contribution in [3.63, 3.8) is 0 Å². The highest BCUT2D eigenvalue weighted by atomic mass is 16.3. The molecule has 0 radical (unpaired) electrons. The maximum atomic E-state index is 9.86. The molecule has 3 N–H and O–H groups in total. The number of benzene rings is 1. The second kappa shape index (κ2) is 5.03. The summed E-state index contributed by atoms with van der Waals surface area (Å²) >= 11 is 0. The lowest BCUT2D eigenvalue weighted by atomic mass is 9.96. The van der Waals surface area contributed by atoms with Crippen molar-refractivity contribution in [1.82, 2.24) is 0 Å². The Bertz CT molecular complexity index is 323. The molecular formula is C12H18O3. The second-order valence-electron chi connectivity index (χ2n) is 4.01. The van der Waals surface area contributed by atoms with Crippen LogP contribution in [0.3, 0.4) is 0 Å². The molecule has 0 bridgehead atoms. The van der Waals surface area contributed by atoms with E-state index in [0.29, 0.717) is 17.9 Å². The van der Waals surface area contributed by atoms with Crippen molar-refractivity contribution < 1.29 is 15.3 Å². The van der Waals surface area contributed by atoms with Gasteiger partial charge in [0.05, 0.1) is 6.10 Å². The minimum absolute atomic E-state index is 0.0311. The first-order valence-corrected chi connectivity index (χ1v) is 5.24.